The van der Waals surface area contributed by atoms with Gasteiger partial charge < -0.3 is 10.1 Å². The topological polar surface area (TPSA) is 51.2 Å². The van der Waals surface area contributed by atoms with E-state index >= 15 is 0 Å². The number of alkyl halides is 3. The maximum absolute atomic E-state index is 12.6. The number of hydrogen-bond acceptors (Lipinski definition) is 3. The zero-order valence-corrected chi connectivity index (χ0v) is 17.0. The van der Waals surface area contributed by atoms with E-state index in [-0.39, 0.29) is 12.2 Å². The first kappa shape index (κ1) is 22.4. The van der Waals surface area contributed by atoms with Gasteiger partial charge in [0.1, 0.15) is 18.9 Å². The number of hydrogen-bond donors (Lipinski definition) is 1. The molecule has 0 saturated carbocycles. The highest BCUT2D eigenvalue weighted by atomic mass is 35.5. The smallest absolute Gasteiger partial charge is 0.405 e. The lowest BCUT2D eigenvalue weighted by atomic mass is 10.0. The van der Waals surface area contributed by atoms with Crippen LogP contribution in [0.25, 0.3) is 11.6 Å². The second kappa shape index (κ2) is 10.1. The highest BCUT2D eigenvalue weighted by Gasteiger charge is 2.28. The number of benzene rings is 2. The Bertz CT molecular complexity index is 1040. The standard InChI is InChI=1S/C23H18ClF3N2O2/c24-18-8-4-16(5-9-18)13-21(22(30)29-15-23(25,26)27)17-6-10-20(11-7-17)31-14-19-3-1-2-12-28-19/h1-13H,14-15H2,(H,29,30)/b21-13+. The third-order valence-electron chi connectivity index (χ3n) is 4.15. The molecule has 1 amide bonds. The van der Waals surface area contributed by atoms with Gasteiger partial charge in [0.05, 0.1) is 5.69 Å². The van der Waals surface area contributed by atoms with Crippen molar-refractivity contribution in [2.75, 3.05) is 6.54 Å². The first-order valence-electron chi connectivity index (χ1n) is 9.25. The van der Waals surface area contributed by atoms with Crippen molar-refractivity contribution >= 4 is 29.2 Å². The third kappa shape index (κ3) is 7.15. The van der Waals surface area contributed by atoms with Gasteiger partial charge in [0.25, 0.3) is 5.91 Å². The van der Waals surface area contributed by atoms with Crippen LogP contribution < -0.4 is 10.1 Å². The monoisotopic (exact) mass is 446 g/mol. The number of rotatable bonds is 7. The average molecular weight is 447 g/mol. The third-order valence-corrected chi connectivity index (χ3v) is 4.41. The molecule has 1 aromatic heterocycles. The molecule has 1 N–H and O–H groups in total. The van der Waals surface area contributed by atoms with Gasteiger partial charge in [-0.15, -0.1) is 0 Å². The van der Waals surface area contributed by atoms with Crippen molar-refractivity contribution in [3.63, 3.8) is 0 Å². The Morgan fingerprint density at radius 3 is 2.35 bits per heavy atom. The van der Waals surface area contributed by atoms with E-state index in [0.717, 1.165) is 5.69 Å². The quantitative estimate of drug-likeness (QED) is 0.383. The lowest BCUT2D eigenvalue weighted by Crippen LogP contribution is -2.34. The second-order valence-corrected chi connectivity index (χ2v) is 6.98. The van der Waals surface area contributed by atoms with E-state index in [1.807, 2.05) is 17.4 Å². The number of carbonyl (C=O) groups is 1. The van der Waals surface area contributed by atoms with Gasteiger partial charge in [-0.05, 0) is 53.6 Å². The van der Waals surface area contributed by atoms with Crippen LogP contribution in [0, 0.1) is 0 Å². The van der Waals surface area contributed by atoms with Gasteiger partial charge >= 0.3 is 6.18 Å². The summed E-state index contributed by atoms with van der Waals surface area (Å²) in [6.07, 6.45) is -1.34. The molecule has 0 spiro atoms. The van der Waals surface area contributed by atoms with E-state index in [0.29, 0.717) is 21.9 Å². The minimum Gasteiger partial charge on any atom is -0.487 e. The fraction of sp³-hybridized carbons (Fsp3) is 0.130. The fourth-order valence-corrected chi connectivity index (χ4v) is 2.78. The summed E-state index contributed by atoms with van der Waals surface area (Å²) in [6, 6.07) is 18.6. The molecular weight excluding hydrogens is 429 g/mol. The number of nitrogens with one attached hydrogen (secondary N) is 1. The maximum atomic E-state index is 12.6. The van der Waals surface area contributed by atoms with Crippen LogP contribution in [0.1, 0.15) is 16.8 Å². The number of halogens is 4. The van der Waals surface area contributed by atoms with Gasteiger partial charge in [-0.25, -0.2) is 0 Å². The summed E-state index contributed by atoms with van der Waals surface area (Å²) in [5.41, 5.74) is 1.90. The van der Waals surface area contributed by atoms with Crippen molar-refractivity contribution in [1.29, 1.82) is 0 Å². The Morgan fingerprint density at radius 2 is 1.74 bits per heavy atom. The van der Waals surface area contributed by atoms with E-state index in [2.05, 4.69) is 4.98 Å². The molecule has 2 aromatic carbocycles. The predicted octanol–water partition coefficient (Wildman–Crippen LogP) is 5.53. The molecule has 160 valence electrons. The molecule has 4 nitrogen and oxygen atoms in total. The number of pyridine rings is 1. The molecule has 0 aliphatic heterocycles. The van der Waals surface area contributed by atoms with Crippen LogP contribution in [0.15, 0.2) is 72.9 Å². The van der Waals surface area contributed by atoms with Crippen molar-refractivity contribution in [3.8, 4) is 5.75 Å². The van der Waals surface area contributed by atoms with E-state index in [1.165, 1.54) is 6.08 Å². The van der Waals surface area contributed by atoms with E-state index in [9.17, 15) is 18.0 Å². The highest BCUT2D eigenvalue weighted by molar-refractivity contribution is 6.30. The molecule has 3 rings (SSSR count). The van der Waals surface area contributed by atoms with Crippen LogP contribution in [-0.2, 0) is 11.4 Å². The molecule has 8 heteroatoms. The van der Waals surface area contributed by atoms with Crippen LogP contribution in [-0.4, -0.2) is 23.6 Å². The molecule has 0 bridgehead atoms. The molecule has 0 fully saturated rings. The molecule has 31 heavy (non-hydrogen) atoms. The van der Waals surface area contributed by atoms with Crippen LogP contribution >= 0.6 is 11.6 Å². The molecule has 0 saturated heterocycles. The first-order valence-corrected chi connectivity index (χ1v) is 9.63. The van der Waals surface area contributed by atoms with E-state index < -0.39 is 18.6 Å². The lowest BCUT2D eigenvalue weighted by molar-refractivity contribution is -0.135. The van der Waals surface area contributed by atoms with Gasteiger partial charge in [0.15, 0.2) is 0 Å². The summed E-state index contributed by atoms with van der Waals surface area (Å²) in [6.45, 7) is -1.16. The summed E-state index contributed by atoms with van der Waals surface area (Å²) in [5, 5.41) is 2.43. The van der Waals surface area contributed by atoms with Crippen molar-refractivity contribution in [2.45, 2.75) is 12.8 Å². The molecule has 0 aliphatic carbocycles. The molecule has 3 aromatic rings. The molecule has 0 radical (unpaired) electrons. The molecule has 0 unspecified atom stereocenters. The van der Waals surface area contributed by atoms with Crippen LogP contribution in [0.5, 0.6) is 5.75 Å². The van der Waals surface area contributed by atoms with Crippen molar-refractivity contribution < 1.29 is 22.7 Å². The number of nitrogens with zero attached hydrogens (tertiary/aromatic N) is 1. The van der Waals surface area contributed by atoms with Gasteiger partial charge in [-0.1, -0.05) is 41.9 Å². The SMILES string of the molecule is O=C(NCC(F)(F)F)/C(=C/c1ccc(Cl)cc1)c1ccc(OCc2ccccn2)cc1. The fourth-order valence-electron chi connectivity index (χ4n) is 2.65. The number of ether oxygens (including phenoxy) is 1. The van der Waals surface area contributed by atoms with Crippen molar-refractivity contribution in [1.82, 2.24) is 10.3 Å². The average Bonchev–Trinajstić information content (AvgIpc) is 2.76. The molecular formula is C23H18ClF3N2O2. The normalized spacial score (nSPS) is 11.8. The minimum absolute atomic E-state index is 0.0860. The van der Waals surface area contributed by atoms with E-state index in [4.69, 9.17) is 16.3 Å². The zero-order chi connectivity index (χ0) is 22.3. The van der Waals surface area contributed by atoms with Gasteiger partial charge in [-0.2, -0.15) is 13.2 Å². The van der Waals surface area contributed by atoms with Crippen LogP contribution in [0.2, 0.25) is 5.02 Å². The Hall–Kier alpha value is -3.32. The second-order valence-electron chi connectivity index (χ2n) is 6.54. The minimum atomic E-state index is -4.51. The number of amides is 1. The van der Waals surface area contributed by atoms with E-state index in [1.54, 1.807) is 60.8 Å². The molecule has 1 heterocycles. The zero-order valence-electron chi connectivity index (χ0n) is 16.2. The Labute approximate surface area is 182 Å². The Morgan fingerprint density at radius 1 is 1.03 bits per heavy atom. The van der Waals surface area contributed by atoms with Crippen molar-refractivity contribution in [2.24, 2.45) is 0 Å². The largest absolute Gasteiger partial charge is 0.487 e. The predicted molar refractivity (Wildman–Crippen MR) is 113 cm³/mol. The first-order chi connectivity index (χ1) is 14.8. The summed E-state index contributed by atoms with van der Waals surface area (Å²) >= 11 is 5.88. The molecule has 0 atom stereocenters. The van der Waals surface area contributed by atoms with Crippen molar-refractivity contribution in [3.05, 3.63) is 94.8 Å². The summed E-state index contributed by atoms with van der Waals surface area (Å²) in [5.74, 6) is -0.301. The van der Waals surface area contributed by atoms with Gasteiger partial charge in [0, 0.05) is 16.8 Å². The summed E-state index contributed by atoms with van der Waals surface area (Å²) in [4.78, 5) is 16.7. The Kier molecular flexibility index (Phi) is 7.31. The highest BCUT2D eigenvalue weighted by Crippen LogP contribution is 2.23. The van der Waals surface area contributed by atoms with Crippen LogP contribution in [0.3, 0.4) is 0 Å². The van der Waals surface area contributed by atoms with Gasteiger partial charge in [-0.3, -0.25) is 9.78 Å². The maximum Gasteiger partial charge on any atom is 0.405 e. The summed E-state index contributed by atoms with van der Waals surface area (Å²) in [7, 11) is 0. The Balaban J connectivity index is 1.80. The number of aromatic nitrogens is 1. The summed E-state index contributed by atoms with van der Waals surface area (Å²) < 4.78 is 43.3. The lowest BCUT2D eigenvalue weighted by Gasteiger charge is -2.12. The number of carbonyl (C=O) groups excluding carboxylic acids is 1. The van der Waals surface area contributed by atoms with Gasteiger partial charge in [0.2, 0.25) is 0 Å². The molecule has 0 aliphatic rings. The van der Waals surface area contributed by atoms with Crippen LogP contribution in [0.4, 0.5) is 13.2 Å².